The standard InChI is InChI=1S/C23H12ClF2N3O.C16H10ClN3.C10H7NO.C7H3ClF2O.C6H5ClN2O2/c24-14-6-8-21-20(12-14)28-22(16-9-10-27-19-4-2-1-3-15(16)19)29(21)23(30)13-5-7-17(25)18(26)11-13;17-10-5-6-14-15(9-10)20-16(19-14)12-7-8-18-13-4-2-1-3-11(12)13;12-7-8-5-6-11-10-4-2-1-3-9(8)10;8-7(11)4-1-2-5(9)6(10)3-4;7-4-1-2-5(8)6(3-4)9(10)11/h1-12H;1-9H,(H,19,20);1-7H;1-3H;1-3H,8H2. The van der Waals surface area contributed by atoms with Crippen LogP contribution >= 0.6 is 46.4 Å². The minimum atomic E-state index is -1.09. The first-order valence-electron chi connectivity index (χ1n) is 24.6. The van der Waals surface area contributed by atoms with Gasteiger partial charge in [0, 0.05) is 83.7 Å². The summed E-state index contributed by atoms with van der Waals surface area (Å²) >= 11 is 22.6. The van der Waals surface area contributed by atoms with E-state index in [9.17, 15) is 42.1 Å². The number of pyridine rings is 3. The summed E-state index contributed by atoms with van der Waals surface area (Å²) in [5.41, 5.74) is 13.1. The first kappa shape index (κ1) is 58.7. The number of nitrogens with zero attached hydrogens (tertiary/aromatic N) is 7. The molecule has 5 heterocycles. The Morgan fingerprint density at radius 1 is 0.548 bits per heavy atom. The Balaban J connectivity index is 0.000000135. The number of carbonyl (C=O) groups is 3. The molecule has 5 aromatic heterocycles. The highest BCUT2D eigenvalue weighted by molar-refractivity contribution is 6.67. The Morgan fingerprint density at radius 2 is 1.07 bits per heavy atom. The zero-order valence-electron chi connectivity index (χ0n) is 42.9. The maximum atomic E-state index is 13.8. The van der Waals surface area contributed by atoms with Gasteiger partial charge in [-0.1, -0.05) is 89.4 Å². The van der Waals surface area contributed by atoms with Crippen LogP contribution in [-0.4, -0.2) is 56.8 Å². The molecule has 0 radical (unpaired) electrons. The molecule has 0 aliphatic rings. The second-order valence-electron chi connectivity index (χ2n) is 17.7. The van der Waals surface area contributed by atoms with Gasteiger partial charge in [0.05, 0.1) is 43.5 Å². The van der Waals surface area contributed by atoms with Crippen molar-refractivity contribution in [2.24, 2.45) is 0 Å². The number of nitro groups is 1. The summed E-state index contributed by atoms with van der Waals surface area (Å²) < 4.78 is 53.2. The monoisotopic (exact) mass is 1200 g/mol. The van der Waals surface area contributed by atoms with Crippen molar-refractivity contribution in [3.63, 3.8) is 0 Å². The molecule has 0 saturated heterocycles. The number of nitrogens with two attached hydrogens (primary N) is 1. The quantitative estimate of drug-likeness (QED) is 0.0400. The number of fused-ring (bicyclic) bond motifs is 5. The van der Waals surface area contributed by atoms with E-state index in [-0.39, 0.29) is 22.5 Å². The van der Waals surface area contributed by atoms with E-state index in [1.807, 2.05) is 91.0 Å². The van der Waals surface area contributed by atoms with Crippen LogP contribution in [0.15, 0.2) is 201 Å². The molecule has 0 aliphatic heterocycles. The first-order chi connectivity index (χ1) is 40.5. The van der Waals surface area contributed by atoms with Crippen molar-refractivity contribution in [2.45, 2.75) is 0 Å². The predicted molar refractivity (Wildman–Crippen MR) is 320 cm³/mol. The van der Waals surface area contributed by atoms with Crippen molar-refractivity contribution in [1.29, 1.82) is 0 Å². The number of aromatic amines is 1. The fraction of sp³-hybridized carbons (Fsp3) is 0. The highest BCUT2D eigenvalue weighted by Gasteiger charge is 2.23. The number of nitrogen functional groups attached to an aromatic ring is 1. The molecule has 416 valence electrons. The van der Waals surface area contributed by atoms with Crippen LogP contribution in [0, 0.1) is 33.4 Å². The zero-order valence-corrected chi connectivity index (χ0v) is 45.9. The number of H-pyrrole nitrogens is 1. The van der Waals surface area contributed by atoms with E-state index in [1.54, 1.807) is 48.9 Å². The van der Waals surface area contributed by atoms with Crippen LogP contribution in [-0.2, 0) is 0 Å². The Kier molecular flexibility index (Phi) is 18.4. The second kappa shape index (κ2) is 26.3. The molecule has 8 aromatic carbocycles. The van der Waals surface area contributed by atoms with Gasteiger partial charge in [0.25, 0.3) is 16.8 Å². The van der Waals surface area contributed by atoms with Gasteiger partial charge in [-0.05, 0) is 133 Å². The van der Waals surface area contributed by atoms with E-state index in [2.05, 4.69) is 36.0 Å². The van der Waals surface area contributed by atoms with Gasteiger partial charge in [0.2, 0.25) is 0 Å². The molecule has 0 amide bonds. The average molecular weight is 1210 g/mol. The van der Waals surface area contributed by atoms with E-state index in [1.165, 1.54) is 28.8 Å². The molecule has 0 aliphatic carbocycles. The second-order valence-corrected chi connectivity index (χ2v) is 19.4. The molecule has 14 nitrogen and oxygen atoms in total. The highest BCUT2D eigenvalue weighted by Crippen LogP contribution is 2.33. The lowest BCUT2D eigenvalue weighted by Crippen LogP contribution is -2.14. The van der Waals surface area contributed by atoms with E-state index in [0.717, 1.165) is 91.7 Å². The molecule has 13 rings (SSSR count). The van der Waals surface area contributed by atoms with Gasteiger partial charge in [-0.3, -0.25) is 44.0 Å². The van der Waals surface area contributed by atoms with E-state index < -0.39 is 39.3 Å². The van der Waals surface area contributed by atoms with Crippen LogP contribution in [0.3, 0.4) is 0 Å². The van der Waals surface area contributed by atoms with Gasteiger partial charge in [0.15, 0.2) is 29.6 Å². The normalized spacial score (nSPS) is 10.7. The number of anilines is 1. The largest absolute Gasteiger partial charge is 0.393 e. The number of imidazole rings is 2. The molecule has 0 bridgehead atoms. The molecule has 13 aromatic rings. The lowest BCUT2D eigenvalue weighted by atomic mass is 10.1. The van der Waals surface area contributed by atoms with Crippen molar-refractivity contribution < 1.29 is 36.9 Å². The minimum Gasteiger partial charge on any atom is -0.393 e. The van der Waals surface area contributed by atoms with Gasteiger partial charge in [-0.2, -0.15) is 0 Å². The summed E-state index contributed by atoms with van der Waals surface area (Å²) in [7, 11) is 0. The number of benzene rings is 8. The van der Waals surface area contributed by atoms with Crippen molar-refractivity contribution >= 4 is 130 Å². The van der Waals surface area contributed by atoms with Crippen LogP contribution in [0.1, 0.15) is 31.1 Å². The highest BCUT2D eigenvalue weighted by atomic mass is 35.5. The van der Waals surface area contributed by atoms with Gasteiger partial charge < -0.3 is 10.7 Å². The van der Waals surface area contributed by atoms with Gasteiger partial charge in [-0.25, -0.2) is 27.5 Å². The number of rotatable bonds is 6. The number of halogens is 8. The third-order valence-corrected chi connectivity index (χ3v) is 13.3. The molecule has 0 fully saturated rings. The number of aldehydes is 1. The van der Waals surface area contributed by atoms with Crippen molar-refractivity contribution in [3.05, 3.63) is 266 Å². The number of carbonyl (C=O) groups excluding carboxylic acids is 3. The summed E-state index contributed by atoms with van der Waals surface area (Å²) in [6.45, 7) is 0. The average Bonchev–Trinajstić information content (AvgIpc) is 3.04. The van der Waals surface area contributed by atoms with Crippen LogP contribution in [0.2, 0.25) is 15.1 Å². The Morgan fingerprint density at radius 3 is 1.68 bits per heavy atom. The summed E-state index contributed by atoms with van der Waals surface area (Å²) in [5.74, 6) is -3.52. The maximum absolute atomic E-state index is 13.8. The SMILES string of the molecule is Clc1ccc2nc(-c3ccnc4ccccc34)[nH]c2c1.Nc1ccc(Cl)cc1[N+](=O)[O-].O=C(Cl)c1ccc(F)c(F)c1.O=C(c1ccc(F)c(F)c1)n1c(-c2ccnc3ccccc23)nc2cc(Cl)ccc21.O=Cc1ccnc2ccccc12. The summed E-state index contributed by atoms with van der Waals surface area (Å²) in [4.78, 5) is 69.5. The molecule has 0 unspecified atom stereocenters. The van der Waals surface area contributed by atoms with Crippen LogP contribution in [0.5, 0.6) is 0 Å². The third-order valence-electron chi connectivity index (χ3n) is 12.4. The Labute approximate surface area is 492 Å². The predicted octanol–water partition coefficient (Wildman–Crippen LogP) is 16.5. The van der Waals surface area contributed by atoms with E-state index in [0.29, 0.717) is 43.1 Å². The molecule has 3 N–H and O–H groups in total. The fourth-order valence-electron chi connectivity index (χ4n) is 8.41. The van der Waals surface area contributed by atoms with Gasteiger partial charge in [0.1, 0.15) is 17.3 Å². The third kappa shape index (κ3) is 13.5. The molecule has 0 spiro atoms. The number of aromatic nitrogens is 7. The molecular formula is C62H37Cl4F4N9O5. The molecule has 0 atom stereocenters. The Bertz CT molecular complexity index is 4650. The summed E-state index contributed by atoms with van der Waals surface area (Å²) in [5, 5.41) is 13.7. The minimum absolute atomic E-state index is 0.00256. The molecule has 22 heteroatoms. The fourth-order valence-corrected chi connectivity index (χ4v) is 9.04. The topological polar surface area (TPSA) is 206 Å². The van der Waals surface area contributed by atoms with Crippen molar-refractivity contribution in [1.82, 2.24) is 34.5 Å². The van der Waals surface area contributed by atoms with Crippen molar-refractivity contribution in [2.75, 3.05) is 5.73 Å². The molecule has 0 saturated carbocycles. The zero-order chi connectivity index (χ0) is 59.6. The summed E-state index contributed by atoms with van der Waals surface area (Å²) in [6.07, 6.45) is 5.93. The maximum Gasteiger partial charge on any atom is 0.293 e. The molecular weight excluding hydrogens is 1170 g/mol. The number of nitro benzene ring substituents is 1. The van der Waals surface area contributed by atoms with E-state index >= 15 is 0 Å². The Hall–Kier alpha value is -9.98. The van der Waals surface area contributed by atoms with Crippen LogP contribution < -0.4 is 5.73 Å². The van der Waals surface area contributed by atoms with E-state index in [4.69, 9.17) is 52.1 Å². The van der Waals surface area contributed by atoms with Gasteiger partial charge in [-0.15, -0.1) is 0 Å². The summed E-state index contributed by atoms with van der Waals surface area (Å²) in [6, 6.07) is 49.1. The lowest BCUT2D eigenvalue weighted by molar-refractivity contribution is -0.383. The number of hydrogen-bond acceptors (Lipinski definition) is 11. The lowest BCUT2D eigenvalue weighted by Gasteiger charge is -2.10. The number of para-hydroxylation sites is 3. The van der Waals surface area contributed by atoms with Crippen LogP contribution in [0.25, 0.3) is 77.6 Å². The first-order valence-corrected chi connectivity index (χ1v) is 26.1. The number of nitrogens with one attached hydrogen (secondary N) is 1. The number of hydrogen-bond donors (Lipinski definition) is 2. The molecule has 84 heavy (non-hydrogen) atoms. The van der Waals surface area contributed by atoms with Gasteiger partial charge >= 0.3 is 0 Å². The smallest absolute Gasteiger partial charge is 0.293 e. The van der Waals surface area contributed by atoms with Crippen LogP contribution in [0.4, 0.5) is 28.9 Å². The van der Waals surface area contributed by atoms with Crippen molar-refractivity contribution in [3.8, 4) is 22.8 Å².